The van der Waals surface area contributed by atoms with Gasteiger partial charge in [0.15, 0.2) is 17.5 Å². The summed E-state index contributed by atoms with van der Waals surface area (Å²) in [4.78, 5) is 24.5. The minimum absolute atomic E-state index is 0.549. The van der Waals surface area contributed by atoms with E-state index in [1.807, 2.05) is 66.7 Å². The molecule has 0 radical (unpaired) electrons. The molecule has 0 aliphatic rings. The van der Waals surface area contributed by atoms with Gasteiger partial charge in [0.25, 0.3) is 0 Å². The molecule has 0 saturated carbocycles. The predicted octanol–water partition coefficient (Wildman–Crippen LogP) is 11.7. The number of nitrogens with zero attached hydrogens (tertiary/aromatic N) is 5. The maximum atomic E-state index is 6.07. The summed E-state index contributed by atoms with van der Waals surface area (Å²) < 4.78 is 6.07. The quantitative estimate of drug-likeness (QED) is 0.174. The van der Waals surface area contributed by atoms with Crippen LogP contribution >= 0.6 is 0 Å². The van der Waals surface area contributed by atoms with E-state index in [4.69, 9.17) is 29.3 Å². The van der Waals surface area contributed by atoms with Crippen LogP contribution in [0.25, 0.3) is 101 Å². The minimum Gasteiger partial charge on any atom is -0.436 e. The van der Waals surface area contributed by atoms with Crippen molar-refractivity contribution < 1.29 is 4.42 Å². The zero-order valence-electron chi connectivity index (χ0n) is 28.4. The van der Waals surface area contributed by atoms with E-state index in [0.29, 0.717) is 23.2 Å². The van der Waals surface area contributed by atoms with E-state index >= 15 is 0 Å². The largest absolute Gasteiger partial charge is 0.436 e. The molecule has 248 valence electrons. The van der Waals surface area contributed by atoms with Crippen LogP contribution in [0, 0.1) is 0 Å². The fourth-order valence-electron chi connectivity index (χ4n) is 6.80. The molecule has 3 heterocycles. The van der Waals surface area contributed by atoms with Crippen molar-refractivity contribution in [2.45, 2.75) is 0 Å². The third kappa shape index (κ3) is 5.78. The monoisotopic (exact) mass is 679 g/mol. The first-order valence-corrected chi connectivity index (χ1v) is 17.5. The zero-order chi connectivity index (χ0) is 35.1. The third-order valence-electron chi connectivity index (χ3n) is 9.57. The van der Waals surface area contributed by atoms with Crippen molar-refractivity contribution in [3.05, 3.63) is 176 Å². The molecule has 0 spiro atoms. The Kier molecular flexibility index (Phi) is 7.36. The molecule has 7 aromatic carbocycles. The van der Waals surface area contributed by atoms with Crippen molar-refractivity contribution in [3.8, 4) is 67.5 Å². The SMILES string of the molecule is c1ccc(-c2ccc(-c3nc(-c4ccccc4)nc(-c4cccc(-c5ccc(-c6ccc7oc8nc9ccccc9nc8c7c6)cc5)c4)n3)cc2)cc1. The predicted molar refractivity (Wildman–Crippen MR) is 213 cm³/mol. The molecule has 3 aromatic heterocycles. The molecular formula is C47H29N5O. The van der Waals surface area contributed by atoms with Crippen LogP contribution in [0.3, 0.4) is 0 Å². The summed E-state index contributed by atoms with van der Waals surface area (Å²) in [6, 6.07) is 59.9. The van der Waals surface area contributed by atoms with Crippen molar-refractivity contribution >= 4 is 33.2 Å². The fourth-order valence-corrected chi connectivity index (χ4v) is 6.80. The van der Waals surface area contributed by atoms with Gasteiger partial charge in [-0.2, -0.15) is 0 Å². The standard InChI is InChI=1S/C47H29N5O/c1-3-10-30(11-4-1)31-22-24-35(25-23-31)45-50-44(34-12-5-2-6-13-34)51-46(52-45)38-15-9-14-36(28-38)32-18-20-33(21-19-32)37-26-27-42-39(29-37)43-47(53-42)49-41-17-8-7-16-40(41)48-43/h1-29H. The topological polar surface area (TPSA) is 77.6 Å². The number of para-hydroxylation sites is 2. The molecule has 0 saturated heterocycles. The van der Waals surface area contributed by atoms with Gasteiger partial charge in [0.05, 0.1) is 11.0 Å². The van der Waals surface area contributed by atoms with Crippen molar-refractivity contribution in [2.75, 3.05) is 0 Å². The summed E-state index contributed by atoms with van der Waals surface area (Å²) in [7, 11) is 0. The van der Waals surface area contributed by atoms with Gasteiger partial charge in [-0.05, 0) is 63.7 Å². The van der Waals surface area contributed by atoms with Gasteiger partial charge in [-0.3, -0.25) is 0 Å². The highest BCUT2D eigenvalue weighted by Gasteiger charge is 2.15. The Morgan fingerprint density at radius 1 is 0.302 bits per heavy atom. The summed E-state index contributed by atoms with van der Waals surface area (Å²) in [6.45, 7) is 0. The summed E-state index contributed by atoms with van der Waals surface area (Å²) in [5.41, 5.74) is 13.2. The molecule has 0 fully saturated rings. The number of hydrogen-bond acceptors (Lipinski definition) is 6. The summed E-state index contributed by atoms with van der Waals surface area (Å²) in [5.74, 6) is 1.88. The lowest BCUT2D eigenvalue weighted by molar-refractivity contribution is 0.655. The molecular weight excluding hydrogens is 651 g/mol. The molecule has 0 aliphatic carbocycles. The first-order valence-electron chi connectivity index (χ1n) is 17.5. The van der Waals surface area contributed by atoms with Crippen molar-refractivity contribution in [1.29, 1.82) is 0 Å². The van der Waals surface area contributed by atoms with Gasteiger partial charge < -0.3 is 4.42 Å². The van der Waals surface area contributed by atoms with E-state index in [1.165, 1.54) is 5.56 Å². The molecule has 0 bridgehead atoms. The van der Waals surface area contributed by atoms with E-state index in [9.17, 15) is 0 Å². The van der Waals surface area contributed by atoms with Crippen LogP contribution in [0.2, 0.25) is 0 Å². The second-order valence-electron chi connectivity index (χ2n) is 13.0. The van der Waals surface area contributed by atoms with Crippen LogP contribution < -0.4 is 0 Å². The van der Waals surface area contributed by atoms with Crippen LogP contribution in [0.1, 0.15) is 0 Å². The number of benzene rings is 7. The Morgan fingerprint density at radius 3 is 1.40 bits per heavy atom. The van der Waals surface area contributed by atoms with E-state index in [1.54, 1.807) is 0 Å². The Morgan fingerprint density at radius 2 is 0.736 bits per heavy atom. The van der Waals surface area contributed by atoms with Gasteiger partial charge >= 0.3 is 0 Å². The van der Waals surface area contributed by atoms with Crippen LogP contribution in [0.4, 0.5) is 0 Å². The van der Waals surface area contributed by atoms with Crippen LogP contribution in [-0.4, -0.2) is 24.9 Å². The molecule has 0 atom stereocenters. The second kappa shape index (κ2) is 12.8. The molecule has 0 N–H and O–H groups in total. The molecule has 0 amide bonds. The number of rotatable bonds is 6. The van der Waals surface area contributed by atoms with Crippen LogP contribution in [0.5, 0.6) is 0 Å². The normalized spacial score (nSPS) is 11.4. The molecule has 0 unspecified atom stereocenters. The van der Waals surface area contributed by atoms with Gasteiger partial charge in [-0.15, -0.1) is 0 Å². The Bertz CT molecular complexity index is 2920. The highest BCUT2D eigenvalue weighted by Crippen LogP contribution is 2.34. The van der Waals surface area contributed by atoms with Gasteiger partial charge in [0.1, 0.15) is 11.1 Å². The smallest absolute Gasteiger partial charge is 0.246 e. The highest BCUT2D eigenvalue weighted by atomic mass is 16.3. The van der Waals surface area contributed by atoms with Crippen LogP contribution in [-0.2, 0) is 0 Å². The number of hydrogen-bond donors (Lipinski definition) is 0. The van der Waals surface area contributed by atoms with Gasteiger partial charge in [0, 0.05) is 22.1 Å². The minimum atomic E-state index is 0.549. The summed E-state index contributed by atoms with van der Waals surface area (Å²) in [6.07, 6.45) is 0. The Hall–Kier alpha value is -7.31. The van der Waals surface area contributed by atoms with E-state index < -0.39 is 0 Å². The van der Waals surface area contributed by atoms with Crippen molar-refractivity contribution in [3.63, 3.8) is 0 Å². The highest BCUT2D eigenvalue weighted by molar-refractivity contribution is 6.05. The molecule has 10 aromatic rings. The first kappa shape index (κ1) is 30.5. The molecule has 6 heteroatoms. The van der Waals surface area contributed by atoms with Crippen molar-refractivity contribution in [1.82, 2.24) is 24.9 Å². The van der Waals surface area contributed by atoms with Gasteiger partial charge in [-0.25, -0.2) is 24.9 Å². The van der Waals surface area contributed by atoms with E-state index in [0.717, 1.165) is 72.0 Å². The number of fused-ring (bicyclic) bond motifs is 4. The van der Waals surface area contributed by atoms with Crippen LogP contribution in [0.15, 0.2) is 180 Å². The average Bonchev–Trinajstić information content (AvgIpc) is 3.60. The Labute approximate surface area is 305 Å². The number of aromatic nitrogens is 5. The van der Waals surface area contributed by atoms with Crippen molar-refractivity contribution in [2.24, 2.45) is 0 Å². The molecule has 6 nitrogen and oxygen atoms in total. The summed E-state index contributed by atoms with van der Waals surface area (Å²) in [5, 5.41) is 0.950. The lowest BCUT2D eigenvalue weighted by atomic mass is 9.98. The summed E-state index contributed by atoms with van der Waals surface area (Å²) >= 11 is 0. The zero-order valence-corrected chi connectivity index (χ0v) is 28.4. The van der Waals surface area contributed by atoms with Gasteiger partial charge in [0.2, 0.25) is 5.71 Å². The third-order valence-corrected chi connectivity index (χ3v) is 9.57. The first-order chi connectivity index (χ1) is 26.2. The lowest BCUT2D eigenvalue weighted by Crippen LogP contribution is -2.00. The molecule has 53 heavy (non-hydrogen) atoms. The fraction of sp³-hybridized carbons (Fsp3) is 0. The second-order valence-corrected chi connectivity index (χ2v) is 13.0. The van der Waals surface area contributed by atoms with E-state index in [2.05, 4.69) is 109 Å². The maximum absolute atomic E-state index is 6.07. The van der Waals surface area contributed by atoms with E-state index in [-0.39, 0.29) is 0 Å². The molecule has 0 aliphatic heterocycles. The average molecular weight is 680 g/mol. The Balaban J connectivity index is 0.986. The lowest BCUT2D eigenvalue weighted by Gasteiger charge is -2.10. The maximum Gasteiger partial charge on any atom is 0.246 e. The number of furan rings is 1. The molecule has 10 rings (SSSR count). The van der Waals surface area contributed by atoms with Gasteiger partial charge in [-0.1, -0.05) is 146 Å².